The summed E-state index contributed by atoms with van der Waals surface area (Å²) >= 11 is 0. The molecule has 1 atom stereocenters. The number of Topliss-reactive ketones (excluding diaryl/α,β-unsaturated/α-hetero) is 1. The van der Waals surface area contributed by atoms with Crippen LogP contribution < -0.4 is 5.32 Å². The van der Waals surface area contributed by atoms with Crippen LogP contribution in [0.5, 0.6) is 0 Å². The Labute approximate surface area is 126 Å². The van der Waals surface area contributed by atoms with E-state index < -0.39 is 23.7 Å². The van der Waals surface area contributed by atoms with E-state index in [2.05, 4.69) is 5.32 Å². The first-order chi connectivity index (χ1) is 9.65. The third kappa shape index (κ3) is 10.8. The molecule has 0 bridgehead atoms. The first kappa shape index (κ1) is 19.4. The Bertz CT molecular complexity index is 360. The molecular formula is C15H27NO5. The normalized spacial score (nSPS) is 12.6. The summed E-state index contributed by atoms with van der Waals surface area (Å²) in [5.41, 5.74) is -0.659. The zero-order chi connectivity index (χ0) is 16.5. The van der Waals surface area contributed by atoms with Crippen LogP contribution in [0, 0.1) is 0 Å². The molecule has 0 aliphatic carbocycles. The lowest BCUT2D eigenvalue weighted by Crippen LogP contribution is -2.43. The van der Waals surface area contributed by atoms with Gasteiger partial charge in [0.05, 0.1) is 0 Å². The third-order valence-corrected chi connectivity index (χ3v) is 2.83. The van der Waals surface area contributed by atoms with Crippen molar-refractivity contribution in [2.24, 2.45) is 0 Å². The highest BCUT2D eigenvalue weighted by molar-refractivity contribution is 5.80. The molecule has 0 saturated heterocycles. The number of amides is 1. The van der Waals surface area contributed by atoms with Gasteiger partial charge in [0.1, 0.15) is 17.4 Å². The van der Waals surface area contributed by atoms with Gasteiger partial charge in [0, 0.05) is 12.8 Å². The fourth-order valence-corrected chi connectivity index (χ4v) is 1.73. The summed E-state index contributed by atoms with van der Waals surface area (Å²) in [5.74, 6) is -0.859. The average molecular weight is 301 g/mol. The van der Waals surface area contributed by atoms with Crippen LogP contribution >= 0.6 is 0 Å². The molecule has 6 nitrogen and oxygen atoms in total. The van der Waals surface area contributed by atoms with Crippen molar-refractivity contribution in [3.8, 4) is 0 Å². The Kier molecular flexibility index (Phi) is 8.66. The van der Waals surface area contributed by atoms with E-state index in [0.29, 0.717) is 25.7 Å². The quantitative estimate of drug-likeness (QED) is 0.639. The lowest BCUT2D eigenvalue weighted by atomic mass is 10.1. The van der Waals surface area contributed by atoms with E-state index in [4.69, 9.17) is 9.84 Å². The van der Waals surface area contributed by atoms with E-state index in [1.807, 2.05) is 6.92 Å². The van der Waals surface area contributed by atoms with E-state index in [0.717, 1.165) is 12.8 Å². The molecule has 0 aromatic heterocycles. The summed E-state index contributed by atoms with van der Waals surface area (Å²) in [7, 11) is 0. The van der Waals surface area contributed by atoms with Crippen LogP contribution in [0.25, 0.3) is 0 Å². The first-order valence-corrected chi connectivity index (χ1v) is 7.39. The Morgan fingerprint density at radius 2 is 1.76 bits per heavy atom. The number of rotatable bonds is 9. The summed E-state index contributed by atoms with van der Waals surface area (Å²) in [6, 6.07) is -0.957. The van der Waals surface area contributed by atoms with E-state index in [9.17, 15) is 14.4 Å². The molecule has 6 heteroatoms. The maximum absolute atomic E-state index is 11.5. The number of ether oxygens (including phenoxy) is 1. The lowest BCUT2D eigenvalue weighted by Gasteiger charge is -2.22. The second-order valence-corrected chi connectivity index (χ2v) is 6.03. The summed E-state index contributed by atoms with van der Waals surface area (Å²) in [5, 5.41) is 11.4. The molecule has 0 radical (unpaired) electrons. The first-order valence-electron chi connectivity index (χ1n) is 7.39. The molecule has 0 aliphatic heterocycles. The Morgan fingerprint density at radius 3 is 2.24 bits per heavy atom. The minimum absolute atomic E-state index is 0.219. The predicted molar refractivity (Wildman–Crippen MR) is 79.2 cm³/mol. The molecule has 2 N–H and O–H groups in total. The molecule has 0 rings (SSSR count). The fraction of sp³-hybridized carbons (Fsp3) is 0.800. The van der Waals surface area contributed by atoms with E-state index >= 15 is 0 Å². The van der Waals surface area contributed by atoms with Gasteiger partial charge in [-0.25, -0.2) is 9.59 Å². The molecule has 122 valence electrons. The van der Waals surface area contributed by atoms with Gasteiger partial charge in [0.2, 0.25) is 0 Å². The van der Waals surface area contributed by atoms with Crippen LogP contribution in [0.3, 0.4) is 0 Å². The molecule has 1 amide bonds. The number of carbonyl (C=O) groups excluding carboxylic acids is 2. The number of carboxylic acid groups (broad SMARTS) is 1. The molecule has 21 heavy (non-hydrogen) atoms. The van der Waals surface area contributed by atoms with Crippen LogP contribution in [0.1, 0.15) is 66.2 Å². The van der Waals surface area contributed by atoms with Gasteiger partial charge in [-0.1, -0.05) is 19.8 Å². The summed E-state index contributed by atoms with van der Waals surface area (Å²) in [6.07, 6.45) is 2.84. The van der Waals surface area contributed by atoms with Gasteiger partial charge < -0.3 is 15.2 Å². The lowest BCUT2D eigenvalue weighted by molar-refractivity contribution is -0.139. The standard InChI is InChI=1S/C15H27NO5/c1-5-11(17)9-7-6-8-10-12(13(18)19)16-14(20)21-15(2,3)4/h12H,5-10H2,1-4H3,(H,16,20)(H,18,19). The fourth-order valence-electron chi connectivity index (χ4n) is 1.73. The second-order valence-electron chi connectivity index (χ2n) is 6.03. The molecule has 0 spiro atoms. The monoisotopic (exact) mass is 301 g/mol. The molecule has 0 aromatic carbocycles. The van der Waals surface area contributed by atoms with E-state index in [1.54, 1.807) is 20.8 Å². The molecule has 0 saturated carbocycles. The van der Waals surface area contributed by atoms with Crippen molar-refractivity contribution < 1.29 is 24.2 Å². The van der Waals surface area contributed by atoms with Crippen LogP contribution in [-0.4, -0.2) is 34.6 Å². The molecule has 1 unspecified atom stereocenters. The van der Waals surface area contributed by atoms with Gasteiger partial charge in [-0.05, 0) is 33.6 Å². The number of ketones is 1. The topological polar surface area (TPSA) is 92.7 Å². The van der Waals surface area contributed by atoms with Gasteiger partial charge >= 0.3 is 12.1 Å². The van der Waals surface area contributed by atoms with Crippen LogP contribution in [-0.2, 0) is 14.3 Å². The van der Waals surface area contributed by atoms with Gasteiger partial charge in [-0.2, -0.15) is 0 Å². The van der Waals surface area contributed by atoms with Crippen molar-refractivity contribution in [1.29, 1.82) is 0 Å². The summed E-state index contributed by atoms with van der Waals surface area (Å²) in [4.78, 5) is 33.8. The molecular weight excluding hydrogens is 274 g/mol. The van der Waals surface area contributed by atoms with Crippen molar-refractivity contribution in [3.05, 3.63) is 0 Å². The van der Waals surface area contributed by atoms with E-state index in [-0.39, 0.29) is 5.78 Å². The summed E-state index contributed by atoms with van der Waals surface area (Å²) < 4.78 is 5.03. The maximum atomic E-state index is 11.5. The van der Waals surface area contributed by atoms with Crippen molar-refractivity contribution in [3.63, 3.8) is 0 Å². The highest BCUT2D eigenvalue weighted by atomic mass is 16.6. The molecule has 0 aliphatic rings. The minimum Gasteiger partial charge on any atom is -0.480 e. The SMILES string of the molecule is CCC(=O)CCCCCC(NC(=O)OC(C)(C)C)C(=O)O. The van der Waals surface area contributed by atoms with Crippen LogP contribution in [0.2, 0.25) is 0 Å². The van der Waals surface area contributed by atoms with Crippen molar-refractivity contribution in [2.45, 2.75) is 77.9 Å². The van der Waals surface area contributed by atoms with Gasteiger partial charge in [0.25, 0.3) is 0 Å². The number of hydrogen-bond acceptors (Lipinski definition) is 4. The number of nitrogens with one attached hydrogen (secondary N) is 1. The Morgan fingerprint density at radius 1 is 1.14 bits per heavy atom. The van der Waals surface area contributed by atoms with Gasteiger partial charge in [0.15, 0.2) is 0 Å². The van der Waals surface area contributed by atoms with Crippen molar-refractivity contribution in [2.75, 3.05) is 0 Å². The van der Waals surface area contributed by atoms with Gasteiger partial charge in [-0.3, -0.25) is 4.79 Å². The number of carbonyl (C=O) groups is 3. The van der Waals surface area contributed by atoms with Crippen LogP contribution in [0.15, 0.2) is 0 Å². The number of carboxylic acids is 1. The summed E-state index contributed by atoms with van der Waals surface area (Å²) in [6.45, 7) is 6.97. The third-order valence-electron chi connectivity index (χ3n) is 2.83. The highest BCUT2D eigenvalue weighted by Gasteiger charge is 2.23. The zero-order valence-electron chi connectivity index (χ0n) is 13.4. The molecule has 0 fully saturated rings. The number of alkyl carbamates (subject to hydrolysis) is 1. The highest BCUT2D eigenvalue weighted by Crippen LogP contribution is 2.10. The minimum atomic E-state index is -1.08. The van der Waals surface area contributed by atoms with Crippen LogP contribution in [0.4, 0.5) is 4.79 Å². The molecule has 0 heterocycles. The van der Waals surface area contributed by atoms with E-state index in [1.165, 1.54) is 0 Å². The number of aliphatic carboxylic acids is 1. The van der Waals surface area contributed by atoms with Crippen molar-refractivity contribution in [1.82, 2.24) is 5.32 Å². The van der Waals surface area contributed by atoms with Gasteiger partial charge in [-0.15, -0.1) is 0 Å². The number of hydrogen-bond donors (Lipinski definition) is 2. The van der Waals surface area contributed by atoms with Crippen molar-refractivity contribution >= 4 is 17.8 Å². The zero-order valence-corrected chi connectivity index (χ0v) is 13.4. The smallest absolute Gasteiger partial charge is 0.408 e. The number of unbranched alkanes of at least 4 members (excludes halogenated alkanes) is 2. The Balaban J connectivity index is 4.06. The Hall–Kier alpha value is -1.59. The predicted octanol–water partition coefficient (Wildman–Crippen LogP) is 2.89. The average Bonchev–Trinajstić information content (AvgIpc) is 2.34. The second kappa shape index (κ2) is 9.37. The largest absolute Gasteiger partial charge is 0.480 e. The maximum Gasteiger partial charge on any atom is 0.408 e. The molecule has 0 aromatic rings.